The first-order chi connectivity index (χ1) is 8.97. The van der Waals surface area contributed by atoms with E-state index in [4.69, 9.17) is 17.3 Å². The van der Waals surface area contributed by atoms with Crippen molar-refractivity contribution >= 4 is 27.6 Å². The predicted molar refractivity (Wildman–Crippen MR) is 71.9 cm³/mol. The van der Waals surface area contributed by atoms with Crippen LogP contribution in [0.1, 0.15) is 5.56 Å². The number of benzene rings is 1. The minimum absolute atomic E-state index is 0.0247. The Bertz CT molecular complexity index is 656. The van der Waals surface area contributed by atoms with Crippen molar-refractivity contribution in [3.63, 3.8) is 0 Å². The molecule has 0 aliphatic carbocycles. The lowest BCUT2D eigenvalue weighted by Gasteiger charge is -2.06. The van der Waals surface area contributed by atoms with Gasteiger partial charge in [0, 0.05) is 11.6 Å². The standard InChI is InChI=1S/C11H11ClN4O2S/c12-9-3-1-8(2-4-9)5-16-19(17,18)10-6-14-11(13)15-7-10/h1-4,6-7,16H,5H2,(H2,13,14,15). The van der Waals surface area contributed by atoms with Gasteiger partial charge in [-0.15, -0.1) is 0 Å². The van der Waals surface area contributed by atoms with Crippen molar-refractivity contribution in [2.45, 2.75) is 11.4 Å². The Morgan fingerprint density at radius 1 is 1.16 bits per heavy atom. The average molecular weight is 299 g/mol. The summed E-state index contributed by atoms with van der Waals surface area (Å²) in [6.07, 6.45) is 2.32. The number of nitrogens with one attached hydrogen (secondary N) is 1. The molecule has 19 heavy (non-hydrogen) atoms. The summed E-state index contributed by atoms with van der Waals surface area (Å²) in [6.45, 7) is 0.157. The van der Waals surface area contributed by atoms with Gasteiger partial charge in [0.05, 0.1) is 12.4 Å². The van der Waals surface area contributed by atoms with E-state index < -0.39 is 10.0 Å². The van der Waals surface area contributed by atoms with Crippen LogP contribution < -0.4 is 10.5 Å². The van der Waals surface area contributed by atoms with Gasteiger partial charge >= 0.3 is 0 Å². The Morgan fingerprint density at radius 3 is 2.32 bits per heavy atom. The van der Waals surface area contributed by atoms with Gasteiger partial charge in [0.2, 0.25) is 16.0 Å². The number of nitrogen functional groups attached to an aromatic ring is 1. The van der Waals surface area contributed by atoms with Crippen LogP contribution in [0.25, 0.3) is 0 Å². The van der Waals surface area contributed by atoms with Crippen LogP contribution in [0.4, 0.5) is 5.95 Å². The molecule has 0 unspecified atom stereocenters. The summed E-state index contributed by atoms with van der Waals surface area (Å²) >= 11 is 5.75. The smallest absolute Gasteiger partial charge is 0.243 e. The Kier molecular flexibility index (Phi) is 3.98. The van der Waals surface area contributed by atoms with Crippen molar-refractivity contribution in [1.29, 1.82) is 0 Å². The molecule has 0 saturated carbocycles. The first-order valence-electron chi connectivity index (χ1n) is 5.29. The van der Waals surface area contributed by atoms with E-state index in [1.807, 2.05) is 0 Å². The number of aromatic nitrogens is 2. The number of hydrogen-bond donors (Lipinski definition) is 2. The van der Waals surface area contributed by atoms with E-state index in [1.54, 1.807) is 24.3 Å². The molecule has 0 radical (unpaired) electrons. The summed E-state index contributed by atoms with van der Waals surface area (Å²) in [5, 5.41) is 0.596. The number of hydrogen-bond acceptors (Lipinski definition) is 5. The second-order valence-corrected chi connectivity index (χ2v) is 5.93. The molecule has 8 heteroatoms. The molecule has 0 amide bonds. The number of nitrogens with zero attached hydrogens (tertiary/aromatic N) is 2. The number of sulfonamides is 1. The Hall–Kier alpha value is -1.70. The maximum atomic E-state index is 11.9. The molecule has 100 valence electrons. The number of nitrogens with two attached hydrogens (primary N) is 1. The summed E-state index contributed by atoms with van der Waals surface area (Å²) < 4.78 is 26.3. The van der Waals surface area contributed by atoms with Crippen LogP contribution in [0.5, 0.6) is 0 Å². The van der Waals surface area contributed by atoms with Gasteiger partial charge in [0.25, 0.3) is 0 Å². The zero-order chi connectivity index (χ0) is 13.9. The predicted octanol–water partition coefficient (Wildman–Crippen LogP) is 1.19. The third kappa shape index (κ3) is 3.63. The second-order valence-electron chi connectivity index (χ2n) is 3.73. The third-order valence-corrected chi connectivity index (χ3v) is 3.95. The van der Waals surface area contributed by atoms with Gasteiger partial charge in [0.1, 0.15) is 4.90 Å². The molecule has 2 rings (SSSR count). The SMILES string of the molecule is Nc1ncc(S(=O)(=O)NCc2ccc(Cl)cc2)cn1. The lowest BCUT2D eigenvalue weighted by molar-refractivity contribution is 0.580. The molecule has 1 heterocycles. The summed E-state index contributed by atoms with van der Waals surface area (Å²) in [5.74, 6) is 0.0247. The van der Waals surface area contributed by atoms with Gasteiger partial charge in [-0.3, -0.25) is 0 Å². The Balaban J connectivity index is 2.09. The molecule has 0 spiro atoms. The quantitative estimate of drug-likeness (QED) is 0.883. The molecule has 2 aromatic rings. The molecule has 0 aliphatic rings. The molecule has 3 N–H and O–H groups in total. The lowest BCUT2D eigenvalue weighted by Crippen LogP contribution is -2.23. The first-order valence-corrected chi connectivity index (χ1v) is 7.15. The van der Waals surface area contributed by atoms with E-state index in [2.05, 4.69) is 14.7 Å². The van der Waals surface area contributed by atoms with Crippen LogP contribution in [-0.2, 0) is 16.6 Å². The third-order valence-electron chi connectivity index (χ3n) is 2.34. The van der Waals surface area contributed by atoms with Crippen LogP contribution >= 0.6 is 11.6 Å². The van der Waals surface area contributed by atoms with Crippen molar-refractivity contribution in [3.8, 4) is 0 Å². The van der Waals surface area contributed by atoms with Gasteiger partial charge < -0.3 is 5.73 Å². The van der Waals surface area contributed by atoms with E-state index >= 15 is 0 Å². The summed E-state index contributed by atoms with van der Waals surface area (Å²) in [6, 6.07) is 6.86. The van der Waals surface area contributed by atoms with E-state index in [1.165, 1.54) is 0 Å². The van der Waals surface area contributed by atoms with E-state index in [-0.39, 0.29) is 17.4 Å². The van der Waals surface area contributed by atoms with Crippen LogP contribution in [0, 0.1) is 0 Å². The molecule has 0 atom stereocenters. The van der Waals surface area contributed by atoms with Crippen molar-refractivity contribution in [1.82, 2.24) is 14.7 Å². The van der Waals surface area contributed by atoms with Crippen molar-refractivity contribution in [3.05, 3.63) is 47.2 Å². The number of anilines is 1. The highest BCUT2D eigenvalue weighted by atomic mass is 35.5. The average Bonchev–Trinajstić information content (AvgIpc) is 2.39. The minimum Gasteiger partial charge on any atom is -0.368 e. The Labute approximate surface area is 115 Å². The second kappa shape index (κ2) is 5.52. The fraction of sp³-hybridized carbons (Fsp3) is 0.0909. The van der Waals surface area contributed by atoms with Crippen LogP contribution in [0.3, 0.4) is 0 Å². The molecule has 0 fully saturated rings. The van der Waals surface area contributed by atoms with Crippen LogP contribution in [-0.4, -0.2) is 18.4 Å². The fourth-order valence-corrected chi connectivity index (χ4v) is 2.36. The maximum absolute atomic E-state index is 11.9. The zero-order valence-electron chi connectivity index (χ0n) is 9.75. The van der Waals surface area contributed by atoms with E-state index in [0.717, 1.165) is 18.0 Å². The van der Waals surface area contributed by atoms with Crippen LogP contribution in [0.2, 0.25) is 5.02 Å². The lowest BCUT2D eigenvalue weighted by atomic mass is 10.2. The Morgan fingerprint density at radius 2 is 1.74 bits per heavy atom. The fourth-order valence-electron chi connectivity index (χ4n) is 1.33. The van der Waals surface area contributed by atoms with Crippen molar-refractivity contribution in [2.75, 3.05) is 5.73 Å². The number of halogens is 1. The van der Waals surface area contributed by atoms with E-state index in [0.29, 0.717) is 5.02 Å². The summed E-state index contributed by atoms with van der Waals surface area (Å²) in [5.41, 5.74) is 6.09. The van der Waals surface area contributed by atoms with Crippen molar-refractivity contribution in [2.24, 2.45) is 0 Å². The highest BCUT2D eigenvalue weighted by Crippen LogP contribution is 2.11. The first kappa shape index (κ1) is 13.7. The van der Waals surface area contributed by atoms with E-state index in [9.17, 15) is 8.42 Å². The highest BCUT2D eigenvalue weighted by Gasteiger charge is 2.14. The molecule has 0 bridgehead atoms. The summed E-state index contributed by atoms with van der Waals surface area (Å²) in [4.78, 5) is 7.25. The molecule has 1 aromatic carbocycles. The van der Waals surface area contributed by atoms with Gasteiger partial charge in [-0.25, -0.2) is 23.1 Å². The van der Waals surface area contributed by atoms with Gasteiger partial charge in [-0.1, -0.05) is 23.7 Å². The normalized spacial score (nSPS) is 11.4. The molecule has 0 saturated heterocycles. The molecular weight excluding hydrogens is 288 g/mol. The monoisotopic (exact) mass is 298 g/mol. The topological polar surface area (TPSA) is 98.0 Å². The molecule has 1 aromatic heterocycles. The van der Waals surface area contributed by atoms with Crippen molar-refractivity contribution < 1.29 is 8.42 Å². The largest absolute Gasteiger partial charge is 0.368 e. The van der Waals surface area contributed by atoms with Crippen LogP contribution in [0.15, 0.2) is 41.6 Å². The number of rotatable bonds is 4. The summed E-state index contributed by atoms with van der Waals surface area (Å²) in [7, 11) is -3.65. The molecular formula is C11H11ClN4O2S. The van der Waals surface area contributed by atoms with Gasteiger partial charge in [0.15, 0.2) is 0 Å². The molecule has 0 aliphatic heterocycles. The van der Waals surface area contributed by atoms with Gasteiger partial charge in [-0.2, -0.15) is 0 Å². The highest BCUT2D eigenvalue weighted by molar-refractivity contribution is 7.89. The maximum Gasteiger partial charge on any atom is 0.243 e. The minimum atomic E-state index is -3.65. The zero-order valence-corrected chi connectivity index (χ0v) is 11.3. The van der Waals surface area contributed by atoms with Gasteiger partial charge in [-0.05, 0) is 17.7 Å². The molecule has 6 nitrogen and oxygen atoms in total.